The largest absolute Gasteiger partial charge is 0.481 e. The van der Waals surface area contributed by atoms with Gasteiger partial charge in [0.1, 0.15) is 0 Å². The van der Waals surface area contributed by atoms with E-state index >= 15 is 0 Å². The van der Waals surface area contributed by atoms with Gasteiger partial charge in [0.15, 0.2) is 0 Å². The summed E-state index contributed by atoms with van der Waals surface area (Å²) in [5.74, 6) is -0.912. The number of carboxylic acids is 1. The second kappa shape index (κ2) is 6.46. The lowest BCUT2D eigenvalue weighted by atomic mass is 9.96. The van der Waals surface area contributed by atoms with E-state index in [0.717, 1.165) is 38.5 Å². The summed E-state index contributed by atoms with van der Waals surface area (Å²) in [5, 5.41) is 12.1. The molecule has 0 aromatic heterocycles. The van der Waals surface area contributed by atoms with E-state index in [1.54, 1.807) is 0 Å². The lowest BCUT2D eigenvalue weighted by molar-refractivity contribution is -0.142. The highest BCUT2D eigenvalue weighted by atomic mass is 16.4. The number of likely N-dealkylation sites (tertiary alicyclic amines) is 1. The molecule has 5 nitrogen and oxygen atoms in total. The molecule has 2 amide bonds. The van der Waals surface area contributed by atoms with Gasteiger partial charge < -0.3 is 15.3 Å². The van der Waals surface area contributed by atoms with Crippen molar-refractivity contribution in [3.05, 3.63) is 0 Å². The molecule has 0 spiro atoms. The Kier molecular flexibility index (Phi) is 4.89. The molecule has 0 radical (unpaired) electrons. The maximum atomic E-state index is 12.3. The zero-order chi connectivity index (χ0) is 14.7. The summed E-state index contributed by atoms with van der Waals surface area (Å²) in [6.45, 7) is 4.70. The molecule has 20 heavy (non-hydrogen) atoms. The van der Waals surface area contributed by atoms with Gasteiger partial charge in [-0.2, -0.15) is 0 Å². The normalized spacial score (nSPS) is 33.4. The molecular weight excluding hydrogens is 256 g/mol. The van der Waals surface area contributed by atoms with Gasteiger partial charge in [0.25, 0.3) is 0 Å². The van der Waals surface area contributed by atoms with Crippen LogP contribution in [0.1, 0.15) is 52.4 Å². The van der Waals surface area contributed by atoms with Crippen molar-refractivity contribution in [2.24, 2.45) is 11.8 Å². The molecule has 2 rings (SSSR count). The van der Waals surface area contributed by atoms with Gasteiger partial charge in [0.05, 0.1) is 5.92 Å². The quantitative estimate of drug-likeness (QED) is 0.832. The van der Waals surface area contributed by atoms with Crippen LogP contribution in [0.25, 0.3) is 0 Å². The van der Waals surface area contributed by atoms with Crippen molar-refractivity contribution >= 4 is 12.0 Å². The summed E-state index contributed by atoms with van der Waals surface area (Å²) >= 11 is 0. The number of nitrogens with one attached hydrogen (secondary N) is 1. The summed E-state index contributed by atoms with van der Waals surface area (Å²) in [7, 11) is 0. The highest BCUT2D eigenvalue weighted by Gasteiger charge is 2.36. The van der Waals surface area contributed by atoms with Crippen molar-refractivity contribution in [1.29, 1.82) is 0 Å². The summed E-state index contributed by atoms with van der Waals surface area (Å²) in [5.41, 5.74) is 0. The number of urea groups is 1. The SMILES string of the molecule is CCC1CCC(C)N1C(=O)NCC1CCCC1C(=O)O. The third kappa shape index (κ3) is 3.07. The van der Waals surface area contributed by atoms with Crippen LogP contribution in [0.4, 0.5) is 4.79 Å². The molecule has 1 saturated heterocycles. The van der Waals surface area contributed by atoms with E-state index in [4.69, 9.17) is 5.11 Å². The molecular formula is C15H26N2O3. The fraction of sp³-hybridized carbons (Fsp3) is 0.867. The van der Waals surface area contributed by atoms with Gasteiger partial charge in [-0.25, -0.2) is 4.79 Å². The van der Waals surface area contributed by atoms with E-state index in [-0.39, 0.29) is 17.9 Å². The second-order valence-electron chi connectivity index (χ2n) is 6.22. The van der Waals surface area contributed by atoms with Gasteiger partial charge in [-0.05, 0) is 44.9 Å². The number of carbonyl (C=O) groups excluding carboxylic acids is 1. The maximum Gasteiger partial charge on any atom is 0.317 e. The zero-order valence-corrected chi connectivity index (χ0v) is 12.5. The smallest absolute Gasteiger partial charge is 0.317 e. The van der Waals surface area contributed by atoms with E-state index in [9.17, 15) is 9.59 Å². The summed E-state index contributed by atoms with van der Waals surface area (Å²) < 4.78 is 0. The Labute approximate surface area is 120 Å². The van der Waals surface area contributed by atoms with Crippen molar-refractivity contribution in [3.8, 4) is 0 Å². The van der Waals surface area contributed by atoms with Crippen LogP contribution in [0, 0.1) is 11.8 Å². The number of amides is 2. The Morgan fingerprint density at radius 1 is 1.25 bits per heavy atom. The number of hydrogen-bond donors (Lipinski definition) is 2. The molecule has 1 aliphatic carbocycles. The molecule has 2 fully saturated rings. The van der Waals surface area contributed by atoms with Gasteiger partial charge in [-0.1, -0.05) is 13.3 Å². The van der Waals surface area contributed by atoms with Crippen LogP contribution in [-0.2, 0) is 4.79 Å². The number of carboxylic acid groups (broad SMARTS) is 1. The minimum absolute atomic E-state index is 0.0158. The molecule has 2 N–H and O–H groups in total. The lowest BCUT2D eigenvalue weighted by Gasteiger charge is -2.29. The van der Waals surface area contributed by atoms with Crippen LogP contribution in [0.3, 0.4) is 0 Å². The third-order valence-corrected chi connectivity index (χ3v) is 4.98. The van der Waals surface area contributed by atoms with E-state index in [1.807, 2.05) is 4.90 Å². The molecule has 4 atom stereocenters. The predicted octanol–water partition coefficient (Wildman–Crippen LogP) is 2.46. The Morgan fingerprint density at radius 2 is 2.00 bits per heavy atom. The Hall–Kier alpha value is -1.26. The van der Waals surface area contributed by atoms with Crippen molar-refractivity contribution < 1.29 is 14.7 Å². The topological polar surface area (TPSA) is 69.6 Å². The summed E-state index contributed by atoms with van der Waals surface area (Å²) in [6.07, 6.45) is 5.73. The number of carbonyl (C=O) groups is 2. The molecule has 114 valence electrons. The Balaban J connectivity index is 1.87. The summed E-state index contributed by atoms with van der Waals surface area (Å²) in [4.78, 5) is 25.4. The van der Waals surface area contributed by atoms with Gasteiger partial charge in [-0.3, -0.25) is 4.79 Å². The minimum atomic E-state index is -0.720. The van der Waals surface area contributed by atoms with Crippen LogP contribution >= 0.6 is 0 Å². The molecule has 5 heteroatoms. The standard InChI is InChI=1S/C15H26N2O3/c1-3-12-8-7-10(2)17(12)15(20)16-9-11-5-4-6-13(11)14(18)19/h10-13H,3-9H2,1-2H3,(H,16,20)(H,18,19). The number of rotatable bonds is 4. The minimum Gasteiger partial charge on any atom is -0.481 e. The zero-order valence-electron chi connectivity index (χ0n) is 12.5. The molecule has 0 aromatic carbocycles. The molecule has 1 saturated carbocycles. The third-order valence-electron chi connectivity index (χ3n) is 4.98. The predicted molar refractivity (Wildman–Crippen MR) is 76.5 cm³/mol. The fourth-order valence-corrected chi connectivity index (χ4v) is 3.75. The molecule has 0 bridgehead atoms. The van der Waals surface area contributed by atoms with E-state index in [2.05, 4.69) is 19.2 Å². The first kappa shape index (κ1) is 15.1. The van der Waals surface area contributed by atoms with Crippen LogP contribution in [0.15, 0.2) is 0 Å². The van der Waals surface area contributed by atoms with Gasteiger partial charge in [0.2, 0.25) is 0 Å². The van der Waals surface area contributed by atoms with Crippen molar-refractivity contribution in [1.82, 2.24) is 10.2 Å². The number of aliphatic carboxylic acids is 1. The fourth-order valence-electron chi connectivity index (χ4n) is 3.75. The molecule has 1 aliphatic heterocycles. The summed E-state index contributed by atoms with van der Waals surface area (Å²) in [6, 6.07) is 0.612. The van der Waals surface area contributed by atoms with E-state index in [1.165, 1.54) is 0 Å². The van der Waals surface area contributed by atoms with Crippen LogP contribution < -0.4 is 5.32 Å². The van der Waals surface area contributed by atoms with Crippen molar-refractivity contribution in [2.75, 3.05) is 6.54 Å². The Bertz CT molecular complexity index is 372. The average Bonchev–Trinajstić information content (AvgIpc) is 3.02. The van der Waals surface area contributed by atoms with Crippen LogP contribution in [0.5, 0.6) is 0 Å². The van der Waals surface area contributed by atoms with Crippen molar-refractivity contribution in [2.45, 2.75) is 64.5 Å². The molecule has 2 aliphatic rings. The van der Waals surface area contributed by atoms with Crippen LogP contribution in [-0.4, -0.2) is 40.6 Å². The highest BCUT2D eigenvalue weighted by molar-refractivity contribution is 5.75. The average molecular weight is 282 g/mol. The van der Waals surface area contributed by atoms with Gasteiger partial charge in [0, 0.05) is 18.6 Å². The van der Waals surface area contributed by atoms with Gasteiger partial charge >= 0.3 is 12.0 Å². The molecule has 4 unspecified atom stereocenters. The Morgan fingerprint density at radius 3 is 2.65 bits per heavy atom. The second-order valence-corrected chi connectivity index (χ2v) is 6.22. The van der Waals surface area contributed by atoms with Crippen LogP contribution in [0.2, 0.25) is 0 Å². The number of nitrogens with zero attached hydrogens (tertiary/aromatic N) is 1. The highest BCUT2D eigenvalue weighted by Crippen LogP contribution is 2.31. The molecule has 0 aromatic rings. The number of hydrogen-bond acceptors (Lipinski definition) is 2. The first-order valence-electron chi connectivity index (χ1n) is 7.83. The van der Waals surface area contributed by atoms with E-state index < -0.39 is 5.97 Å². The molecule has 1 heterocycles. The monoisotopic (exact) mass is 282 g/mol. The van der Waals surface area contributed by atoms with E-state index in [0.29, 0.717) is 18.6 Å². The lowest BCUT2D eigenvalue weighted by Crippen LogP contribution is -2.47. The first-order chi connectivity index (χ1) is 9.54. The maximum absolute atomic E-state index is 12.3. The van der Waals surface area contributed by atoms with Gasteiger partial charge in [-0.15, -0.1) is 0 Å². The first-order valence-corrected chi connectivity index (χ1v) is 7.83. The van der Waals surface area contributed by atoms with Crippen molar-refractivity contribution in [3.63, 3.8) is 0 Å².